The summed E-state index contributed by atoms with van der Waals surface area (Å²) in [6.45, 7) is 35.9. The molecule has 0 aliphatic carbocycles. The molecule has 0 bridgehead atoms. The van der Waals surface area contributed by atoms with Gasteiger partial charge in [-0.25, -0.2) is 0 Å². The van der Waals surface area contributed by atoms with E-state index in [9.17, 15) is 0 Å². The molecule has 0 saturated carbocycles. The highest BCUT2D eigenvalue weighted by molar-refractivity contribution is 7.24. The summed E-state index contributed by atoms with van der Waals surface area (Å²) in [5.74, 6) is 0. The fourth-order valence-electron chi connectivity index (χ4n) is 14.9. The monoisotopic (exact) mass is 1030 g/mol. The first kappa shape index (κ1) is 48.0. The lowest BCUT2D eigenvalue weighted by molar-refractivity contribution is 0.590. The van der Waals surface area contributed by atoms with Gasteiger partial charge in [0.2, 0.25) is 0 Å². The third kappa shape index (κ3) is 6.16. The van der Waals surface area contributed by atoms with Gasteiger partial charge < -0.3 is 9.13 Å². The van der Waals surface area contributed by atoms with Crippen LogP contribution in [-0.4, -0.2) is 23.9 Å². The highest BCUT2D eigenvalue weighted by Gasteiger charge is 2.57. The van der Waals surface area contributed by atoms with Crippen LogP contribution in [0.3, 0.4) is 0 Å². The SMILES string of the molecule is CC(C)(C)c1ccc(-c2c(-c3ccccc3)n3c4c(c5ccccc5cc24)B2c4c-3ccc3c4-n4c5c2cc(C(C)(C)C)cc5c2cc(C(C)(C)C)cc(c24)[Si]32c3cc(C(C)(C)C)ccc3-c3ccc(C(C)(C)C)cc32)cc1. The van der Waals surface area contributed by atoms with E-state index in [1.807, 2.05) is 0 Å². The van der Waals surface area contributed by atoms with Crippen LogP contribution in [-0.2, 0) is 27.1 Å². The number of hydrogen-bond donors (Lipinski definition) is 0. The molecule has 2 aromatic heterocycles. The third-order valence-electron chi connectivity index (χ3n) is 19.0. The van der Waals surface area contributed by atoms with Crippen LogP contribution >= 0.6 is 0 Å². The van der Waals surface area contributed by atoms with Crippen molar-refractivity contribution >= 4 is 95.4 Å². The first-order chi connectivity index (χ1) is 36.9. The summed E-state index contributed by atoms with van der Waals surface area (Å²) in [6.07, 6.45) is 0. The van der Waals surface area contributed by atoms with E-state index >= 15 is 0 Å². The van der Waals surface area contributed by atoms with Crippen molar-refractivity contribution in [2.24, 2.45) is 0 Å². The summed E-state index contributed by atoms with van der Waals surface area (Å²) in [5.41, 5.74) is 25.7. The Balaban J connectivity index is 1.21. The molecule has 4 aliphatic heterocycles. The van der Waals surface area contributed by atoms with Crippen molar-refractivity contribution in [3.05, 3.63) is 186 Å². The molecule has 11 aromatic rings. The van der Waals surface area contributed by atoms with Gasteiger partial charge in [-0.3, -0.25) is 0 Å². The van der Waals surface area contributed by atoms with E-state index in [4.69, 9.17) is 0 Å². The van der Waals surface area contributed by atoms with Crippen molar-refractivity contribution in [1.82, 2.24) is 9.13 Å². The van der Waals surface area contributed by atoms with Gasteiger partial charge >= 0.3 is 0 Å². The number of rotatable bonds is 2. The minimum atomic E-state index is -3.20. The largest absolute Gasteiger partial charge is 0.310 e. The Morgan fingerprint density at radius 2 is 0.897 bits per heavy atom. The maximum atomic E-state index is 2.85. The van der Waals surface area contributed by atoms with E-state index < -0.39 is 8.07 Å². The van der Waals surface area contributed by atoms with Gasteiger partial charge in [-0.2, -0.15) is 0 Å². The summed E-state index contributed by atoms with van der Waals surface area (Å²) in [5, 5.41) is 12.9. The Kier molecular flexibility index (Phi) is 9.33. The molecule has 0 amide bonds. The van der Waals surface area contributed by atoms with E-state index in [-0.39, 0.29) is 33.8 Å². The fraction of sp³-hybridized carbons (Fsp3) is 0.270. The topological polar surface area (TPSA) is 9.86 Å². The van der Waals surface area contributed by atoms with Crippen molar-refractivity contribution in [3.63, 3.8) is 0 Å². The van der Waals surface area contributed by atoms with Gasteiger partial charge in [0, 0.05) is 38.6 Å². The quantitative estimate of drug-likeness (QED) is 0.153. The van der Waals surface area contributed by atoms with Crippen LogP contribution in [0, 0.1) is 0 Å². The molecule has 78 heavy (non-hydrogen) atoms. The first-order valence-corrected chi connectivity index (χ1v) is 30.8. The fourth-order valence-corrected chi connectivity index (χ4v) is 20.6. The second-order valence-corrected chi connectivity index (χ2v) is 32.6. The molecule has 0 radical (unpaired) electrons. The molecule has 15 rings (SSSR count). The number of hydrogen-bond acceptors (Lipinski definition) is 0. The summed E-state index contributed by atoms with van der Waals surface area (Å²) in [4.78, 5) is 0. The molecule has 9 aromatic carbocycles. The zero-order valence-electron chi connectivity index (χ0n) is 48.5. The van der Waals surface area contributed by atoms with Gasteiger partial charge in [-0.1, -0.05) is 237 Å². The van der Waals surface area contributed by atoms with Crippen LogP contribution in [0.15, 0.2) is 158 Å². The van der Waals surface area contributed by atoms with Crippen molar-refractivity contribution in [2.45, 2.75) is 131 Å². The lowest BCUT2D eigenvalue weighted by atomic mass is 9.33. The first-order valence-electron chi connectivity index (χ1n) is 28.8. The van der Waals surface area contributed by atoms with Crippen molar-refractivity contribution in [3.8, 4) is 44.9 Å². The van der Waals surface area contributed by atoms with Gasteiger partial charge in [0.15, 0.2) is 8.07 Å². The number of fused-ring (bicyclic) bond motifs is 13. The van der Waals surface area contributed by atoms with Crippen LogP contribution in [0.2, 0.25) is 0 Å². The van der Waals surface area contributed by atoms with E-state index in [2.05, 4.69) is 271 Å². The second kappa shape index (κ2) is 15.2. The second-order valence-electron chi connectivity index (χ2n) is 29.0. The summed E-state index contributed by atoms with van der Waals surface area (Å²) in [7, 11) is -3.20. The number of nitrogens with zero attached hydrogens (tertiary/aromatic N) is 2. The van der Waals surface area contributed by atoms with E-state index in [0.29, 0.717) is 0 Å². The van der Waals surface area contributed by atoms with E-state index in [1.54, 1.807) is 15.6 Å². The summed E-state index contributed by atoms with van der Waals surface area (Å²) < 4.78 is 5.60. The Labute approximate surface area is 463 Å². The van der Waals surface area contributed by atoms with Crippen LogP contribution in [0.5, 0.6) is 0 Å². The predicted octanol–water partition coefficient (Wildman–Crippen LogP) is 14.5. The molecular formula is C74H71BN2Si. The average molecular weight is 1030 g/mol. The Morgan fingerprint density at radius 3 is 1.50 bits per heavy atom. The van der Waals surface area contributed by atoms with Gasteiger partial charge in [0.05, 0.1) is 16.7 Å². The molecule has 2 nitrogen and oxygen atoms in total. The minimum absolute atomic E-state index is 0.0348. The van der Waals surface area contributed by atoms with Crippen LogP contribution in [0.1, 0.15) is 132 Å². The minimum Gasteiger partial charge on any atom is -0.310 e. The molecule has 0 N–H and O–H groups in total. The molecule has 6 heterocycles. The Hall–Kier alpha value is -7.14. The predicted molar refractivity (Wildman–Crippen MR) is 340 cm³/mol. The van der Waals surface area contributed by atoms with Gasteiger partial charge in [0.25, 0.3) is 6.71 Å². The molecular weight excluding hydrogens is 956 g/mol. The molecule has 384 valence electrons. The molecule has 0 saturated heterocycles. The van der Waals surface area contributed by atoms with E-state index in [1.165, 1.54) is 138 Å². The average Bonchev–Trinajstić information content (AvgIpc) is 1.91. The lowest BCUT2D eigenvalue weighted by Gasteiger charge is -2.44. The number of benzene rings is 9. The summed E-state index contributed by atoms with van der Waals surface area (Å²) in [6, 6.07) is 64.0. The van der Waals surface area contributed by atoms with Gasteiger partial charge in [0.1, 0.15) is 0 Å². The van der Waals surface area contributed by atoms with Crippen molar-refractivity contribution < 1.29 is 0 Å². The third-order valence-corrected chi connectivity index (χ3v) is 23.9. The zero-order valence-corrected chi connectivity index (χ0v) is 49.5. The molecule has 0 unspecified atom stereocenters. The molecule has 0 fully saturated rings. The molecule has 4 aliphatic rings. The zero-order chi connectivity index (χ0) is 54.3. The Morgan fingerprint density at radius 1 is 0.359 bits per heavy atom. The van der Waals surface area contributed by atoms with Crippen LogP contribution < -0.4 is 37.1 Å². The van der Waals surface area contributed by atoms with Crippen LogP contribution in [0.25, 0.3) is 88.4 Å². The summed E-state index contributed by atoms with van der Waals surface area (Å²) >= 11 is 0. The maximum absolute atomic E-state index is 3.20. The van der Waals surface area contributed by atoms with Gasteiger partial charge in [-0.05, 0) is 149 Å². The van der Waals surface area contributed by atoms with Crippen LogP contribution in [0.4, 0.5) is 0 Å². The van der Waals surface area contributed by atoms with Crippen molar-refractivity contribution in [1.29, 1.82) is 0 Å². The smallest absolute Gasteiger partial charge is 0.253 e. The Bertz CT molecular complexity index is 4420. The molecule has 4 heteroatoms. The maximum Gasteiger partial charge on any atom is 0.253 e. The standard InChI is InChI=1S/C74H71BN2Si/c1-70(2,3)45-27-25-42(26-28-45)62-55-35-44-23-19-20-24-50(44)63-68(55)76(65(62)43-21-17-16-18-22-43)57-33-34-58-69-64(57)75(63)56-38-48(73(10,11)12)36-53-54-37-49(74(13,14)15)41-61(67(54)77(69)66(53)56)78(58)59-39-46(71(4,5)6)29-31-51(59)52-32-30-47(40-60(52)78)72(7,8)9/h16-41H,1-15H3. The molecule has 0 atom stereocenters. The molecule has 1 spiro atoms. The number of aromatic nitrogens is 2. The lowest BCUT2D eigenvalue weighted by Crippen LogP contribution is -2.77. The normalized spacial score (nSPS) is 14.9. The van der Waals surface area contributed by atoms with Crippen molar-refractivity contribution in [2.75, 3.05) is 0 Å². The van der Waals surface area contributed by atoms with E-state index in [0.717, 1.165) is 0 Å². The highest BCUT2D eigenvalue weighted by atomic mass is 28.3. The highest BCUT2D eigenvalue weighted by Crippen LogP contribution is 2.49. The van der Waals surface area contributed by atoms with Gasteiger partial charge in [-0.15, -0.1) is 0 Å².